The van der Waals surface area contributed by atoms with E-state index in [1.165, 1.54) is 48.3 Å². The third-order valence-corrected chi connectivity index (χ3v) is 4.76. The van der Waals surface area contributed by atoms with Gasteiger partial charge in [0.2, 0.25) is 0 Å². The Kier molecular flexibility index (Phi) is 3.39. The van der Waals surface area contributed by atoms with Gasteiger partial charge in [-0.25, -0.2) is 0 Å². The highest BCUT2D eigenvalue weighted by molar-refractivity contribution is 5.47. The Morgan fingerprint density at radius 2 is 2.14 bits per heavy atom. The summed E-state index contributed by atoms with van der Waals surface area (Å²) in [5, 5.41) is 11.4. The van der Waals surface area contributed by atoms with E-state index >= 15 is 0 Å². The quantitative estimate of drug-likeness (QED) is 0.904. The summed E-state index contributed by atoms with van der Waals surface area (Å²) in [4.78, 5) is 2.46. The van der Waals surface area contributed by atoms with Crippen LogP contribution in [0.2, 0.25) is 0 Å². The van der Waals surface area contributed by atoms with Crippen LogP contribution in [0.3, 0.4) is 0 Å². The molecule has 2 aliphatic rings. The van der Waals surface area contributed by atoms with E-state index in [0.29, 0.717) is 6.04 Å². The van der Waals surface area contributed by atoms with E-state index in [0.717, 1.165) is 19.6 Å². The van der Waals surface area contributed by atoms with Crippen LogP contribution in [-0.2, 0) is 19.4 Å². The van der Waals surface area contributed by atoms with E-state index in [1.807, 2.05) is 0 Å². The normalized spacial score (nSPS) is 21.0. The minimum absolute atomic E-state index is 0.568. The lowest BCUT2D eigenvalue weighted by atomic mass is 10.2. The molecule has 2 heterocycles. The number of nitrogens with one attached hydrogen (secondary N) is 2. The molecule has 0 radical (unpaired) electrons. The summed E-state index contributed by atoms with van der Waals surface area (Å²) in [5.41, 5.74) is 5.41. The number of benzene rings is 1. The number of hydrogen-bond donors (Lipinski definition) is 2. The summed E-state index contributed by atoms with van der Waals surface area (Å²) < 4.78 is 0. The van der Waals surface area contributed by atoms with Crippen LogP contribution in [0, 0.1) is 0 Å². The fourth-order valence-electron chi connectivity index (χ4n) is 3.58. The van der Waals surface area contributed by atoms with Crippen LogP contribution in [0.4, 0.5) is 5.69 Å². The number of fused-ring (bicyclic) bond motifs is 1. The van der Waals surface area contributed by atoms with E-state index in [1.54, 1.807) is 0 Å². The second kappa shape index (κ2) is 5.53. The van der Waals surface area contributed by atoms with Crippen molar-refractivity contribution >= 4 is 5.69 Å². The Balaban J connectivity index is 1.34. The molecule has 4 rings (SSSR count). The lowest BCUT2D eigenvalue weighted by Crippen LogP contribution is -2.32. The largest absolute Gasteiger partial charge is 0.370 e. The van der Waals surface area contributed by atoms with Gasteiger partial charge in [0, 0.05) is 37.1 Å². The second-order valence-electron chi connectivity index (χ2n) is 6.13. The molecule has 0 saturated carbocycles. The fraction of sp³-hybridized carbons (Fsp3) is 0.471. The standard InChI is InChI=1S/C17H22N4/c1-2-5-14(6-3-1)21-10-9-13(12-21)18-11-17-15-7-4-8-16(15)19-20-17/h1-3,5-6,13,18H,4,7-12H2,(H,19,20). The first kappa shape index (κ1) is 12.9. The predicted octanol–water partition coefficient (Wildman–Crippen LogP) is 2.27. The molecule has 4 nitrogen and oxygen atoms in total. The van der Waals surface area contributed by atoms with Gasteiger partial charge in [0.25, 0.3) is 0 Å². The first-order valence-corrected chi connectivity index (χ1v) is 7.98. The van der Waals surface area contributed by atoms with Crippen molar-refractivity contribution in [3.63, 3.8) is 0 Å². The monoisotopic (exact) mass is 282 g/mol. The lowest BCUT2D eigenvalue weighted by molar-refractivity contribution is 0.543. The molecule has 1 atom stereocenters. The Hall–Kier alpha value is -1.81. The summed E-state index contributed by atoms with van der Waals surface area (Å²) in [5.74, 6) is 0. The Morgan fingerprint density at radius 1 is 1.24 bits per heavy atom. The van der Waals surface area contributed by atoms with Gasteiger partial charge < -0.3 is 10.2 Å². The number of hydrogen-bond acceptors (Lipinski definition) is 3. The SMILES string of the molecule is c1ccc(N2CCC(NCc3n[nH]c4c3CCC4)C2)cc1. The van der Waals surface area contributed by atoms with E-state index in [-0.39, 0.29) is 0 Å². The minimum Gasteiger partial charge on any atom is -0.370 e. The van der Waals surface area contributed by atoms with Crippen molar-refractivity contribution in [2.75, 3.05) is 18.0 Å². The molecule has 1 fully saturated rings. The summed E-state index contributed by atoms with van der Waals surface area (Å²) in [6.45, 7) is 3.14. The van der Waals surface area contributed by atoms with Crippen molar-refractivity contribution in [1.82, 2.24) is 15.5 Å². The molecule has 1 unspecified atom stereocenters. The second-order valence-corrected chi connectivity index (χ2v) is 6.13. The number of rotatable bonds is 4. The van der Waals surface area contributed by atoms with Crippen LogP contribution in [0.15, 0.2) is 30.3 Å². The summed E-state index contributed by atoms with van der Waals surface area (Å²) in [7, 11) is 0. The molecule has 2 aromatic rings. The third-order valence-electron chi connectivity index (χ3n) is 4.76. The van der Waals surface area contributed by atoms with Crippen LogP contribution < -0.4 is 10.2 Å². The number of para-hydroxylation sites is 1. The Bertz CT molecular complexity index is 605. The van der Waals surface area contributed by atoms with Gasteiger partial charge in [-0.2, -0.15) is 5.10 Å². The maximum Gasteiger partial charge on any atom is 0.0794 e. The van der Waals surface area contributed by atoms with E-state index < -0.39 is 0 Å². The molecular formula is C17H22N4. The van der Waals surface area contributed by atoms with Crippen molar-refractivity contribution in [2.24, 2.45) is 0 Å². The fourth-order valence-corrected chi connectivity index (χ4v) is 3.58. The van der Waals surface area contributed by atoms with Crippen molar-refractivity contribution in [1.29, 1.82) is 0 Å². The third kappa shape index (κ3) is 2.56. The van der Waals surface area contributed by atoms with Crippen molar-refractivity contribution < 1.29 is 0 Å². The molecule has 2 N–H and O–H groups in total. The van der Waals surface area contributed by atoms with Crippen molar-refractivity contribution in [3.8, 4) is 0 Å². The summed E-state index contributed by atoms with van der Waals surface area (Å²) in [6.07, 6.45) is 4.86. The molecule has 110 valence electrons. The number of H-pyrrole nitrogens is 1. The zero-order valence-electron chi connectivity index (χ0n) is 12.3. The van der Waals surface area contributed by atoms with Crippen molar-refractivity contribution in [2.45, 2.75) is 38.3 Å². The summed E-state index contributed by atoms with van der Waals surface area (Å²) in [6, 6.07) is 11.3. The molecular weight excluding hydrogens is 260 g/mol. The van der Waals surface area contributed by atoms with Crippen LogP contribution in [0.5, 0.6) is 0 Å². The van der Waals surface area contributed by atoms with Gasteiger partial charge >= 0.3 is 0 Å². The lowest BCUT2D eigenvalue weighted by Gasteiger charge is -2.18. The summed E-state index contributed by atoms with van der Waals surface area (Å²) >= 11 is 0. The van der Waals surface area contributed by atoms with Crippen LogP contribution in [0.1, 0.15) is 29.8 Å². The van der Waals surface area contributed by atoms with E-state index in [2.05, 4.69) is 50.7 Å². The number of aromatic amines is 1. The highest BCUT2D eigenvalue weighted by Gasteiger charge is 2.23. The average molecular weight is 282 g/mol. The van der Waals surface area contributed by atoms with Gasteiger partial charge in [-0.05, 0) is 43.4 Å². The zero-order chi connectivity index (χ0) is 14.1. The maximum atomic E-state index is 4.47. The highest BCUT2D eigenvalue weighted by atomic mass is 15.2. The first-order chi connectivity index (χ1) is 10.4. The molecule has 0 bridgehead atoms. The van der Waals surface area contributed by atoms with Crippen molar-refractivity contribution in [3.05, 3.63) is 47.3 Å². The maximum absolute atomic E-state index is 4.47. The van der Waals surface area contributed by atoms with Gasteiger partial charge in [-0.1, -0.05) is 18.2 Å². The van der Waals surface area contributed by atoms with Gasteiger partial charge in [0.05, 0.1) is 5.69 Å². The minimum atomic E-state index is 0.568. The van der Waals surface area contributed by atoms with Gasteiger partial charge in [0.15, 0.2) is 0 Å². The smallest absolute Gasteiger partial charge is 0.0794 e. The molecule has 1 aliphatic carbocycles. The number of aryl methyl sites for hydroxylation is 1. The molecule has 1 aliphatic heterocycles. The van der Waals surface area contributed by atoms with Gasteiger partial charge in [-0.15, -0.1) is 0 Å². The molecule has 1 aromatic carbocycles. The topological polar surface area (TPSA) is 44.0 Å². The van der Waals surface area contributed by atoms with Gasteiger partial charge in [-0.3, -0.25) is 5.10 Å². The molecule has 1 saturated heterocycles. The number of nitrogens with zero attached hydrogens (tertiary/aromatic N) is 2. The Labute approximate surface area is 125 Å². The van der Waals surface area contributed by atoms with Crippen LogP contribution in [0.25, 0.3) is 0 Å². The van der Waals surface area contributed by atoms with Gasteiger partial charge in [0.1, 0.15) is 0 Å². The Morgan fingerprint density at radius 3 is 3.05 bits per heavy atom. The first-order valence-electron chi connectivity index (χ1n) is 7.98. The molecule has 0 amide bonds. The van der Waals surface area contributed by atoms with E-state index in [9.17, 15) is 0 Å². The van der Waals surface area contributed by atoms with Crippen LogP contribution in [-0.4, -0.2) is 29.3 Å². The predicted molar refractivity (Wildman–Crippen MR) is 84.5 cm³/mol. The zero-order valence-corrected chi connectivity index (χ0v) is 12.3. The average Bonchev–Trinajstić information content (AvgIpc) is 3.23. The molecule has 1 aromatic heterocycles. The van der Waals surface area contributed by atoms with E-state index in [4.69, 9.17) is 0 Å². The number of anilines is 1. The molecule has 0 spiro atoms. The molecule has 4 heteroatoms. The number of aromatic nitrogens is 2. The highest BCUT2D eigenvalue weighted by Crippen LogP contribution is 2.23. The van der Waals surface area contributed by atoms with Crippen LogP contribution >= 0.6 is 0 Å². The molecule has 21 heavy (non-hydrogen) atoms.